The van der Waals surface area contributed by atoms with Crippen LogP contribution in [0.15, 0.2) is 0 Å². The lowest BCUT2D eigenvalue weighted by molar-refractivity contribution is -0.155. The van der Waals surface area contributed by atoms with E-state index in [0.717, 1.165) is 0 Å². The molecule has 2 atom stereocenters. The molecule has 94 valence electrons. The van der Waals surface area contributed by atoms with E-state index in [4.69, 9.17) is 14.2 Å². The predicted molar refractivity (Wildman–Crippen MR) is 57.9 cm³/mol. The van der Waals surface area contributed by atoms with Crippen molar-refractivity contribution < 1.29 is 23.8 Å². The number of esters is 2. The molecule has 0 N–H and O–H groups in total. The Labute approximate surface area is 96.1 Å². The number of hydrogen-bond acceptors (Lipinski definition) is 5. The molecule has 0 saturated carbocycles. The fourth-order valence-electron chi connectivity index (χ4n) is 1.31. The van der Waals surface area contributed by atoms with Crippen molar-refractivity contribution in [2.24, 2.45) is 0 Å². The largest absolute Gasteiger partial charge is 0.463 e. The van der Waals surface area contributed by atoms with Crippen LogP contribution < -0.4 is 0 Å². The van der Waals surface area contributed by atoms with Crippen LogP contribution in [0, 0.1) is 0 Å². The lowest BCUT2D eigenvalue weighted by Crippen LogP contribution is -2.28. The molecule has 0 aromatic carbocycles. The van der Waals surface area contributed by atoms with Gasteiger partial charge in [0, 0.05) is 26.9 Å². The minimum atomic E-state index is -0.369. The maximum absolute atomic E-state index is 11.1. The van der Waals surface area contributed by atoms with Crippen molar-refractivity contribution in [3.05, 3.63) is 0 Å². The molecule has 0 saturated heterocycles. The Morgan fingerprint density at radius 1 is 1.25 bits per heavy atom. The summed E-state index contributed by atoms with van der Waals surface area (Å²) in [5.41, 5.74) is 0. The molecule has 0 aliphatic heterocycles. The van der Waals surface area contributed by atoms with Gasteiger partial charge in [0.25, 0.3) is 0 Å². The highest BCUT2D eigenvalue weighted by Gasteiger charge is 2.18. The Kier molecular flexibility index (Phi) is 7.54. The molecule has 0 aromatic rings. The average molecular weight is 232 g/mol. The standard InChI is InChI=1S/C11H20O5/c1-5-11(13)16-10(7-14-4)6-8(2)15-9(3)12/h8,10H,5-7H2,1-4H3. The number of carbonyl (C=O) groups excluding carboxylic acids is 2. The Hall–Kier alpha value is -1.10. The van der Waals surface area contributed by atoms with Gasteiger partial charge in [0.2, 0.25) is 0 Å². The molecule has 0 aliphatic carbocycles. The van der Waals surface area contributed by atoms with Gasteiger partial charge in [-0.15, -0.1) is 0 Å². The van der Waals surface area contributed by atoms with Gasteiger partial charge in [-0.1, -0.05) is 6.92 Å². The minimum Gasteiger partial charge on any atom is -0.463 e. The number of ether oxygens (including phenoxy) is 3. The predicted octanol–water partition coefficient (Wildman–Crippen LogP) is 1.30. The van der Waals surface area contributed by atoms with Crippen molar-refractivity contribution in [2.75, 3.05) is 13.7 Å². The average Bonchev–Trinajstić information content (AvgIpc) is 2.16. The first-order chi connectivity index (χ1) is 7.49. The number of hydrogen-bond donors (Lipinski definition) is 0. The third-order valence-electron chi connectivity index (χ3n) is 1.90. The molecule has 5 nitrogen and oxygen atoms in total. The Morgan fingerprint density at radius 2 is 1.88 bits per heavy atom. The zero-order valence-corrected chi connectivity index (χ0v) is 10.3. The normalized spacial score (nSPS) is 14.0. The SMILES string of the molecule is CCC(=O)OC(COC)CC(C)OC(C)=O. The van der Waals surface area contributed by atoms with Crippen molar-refractivity contribution in [1.29, 1.82) is 0 Å². The van der Waals surface area contributed by atoms with E-state index in [1.165, 1.54) is 14.0 Å². The summed E-state index contributed by atoms with van der Waals surface area (Å²) in [4.78, 5) is 21.8. The summed E-state index contributed by atoms with van der Waals surface area (Å²) >= 11 is 0. The number of rotatable bonds is 7. The van der Waals surface area contributed by atoms with Gasteiger partial charge in [-0.3, -0.25) is 9.59 Å². The lowest BCUT2D eigenvalue weighted by Gasteiger charge is -2.20. The zero-order valence-electron chi connectivity index (χ0n) is 10.3. The lowest BCUT2D eigenvalue weighted by atomic mass is 10.2. The van der Waals surface area contributed by atoms with Crippen LogP contribution in [0.2, 0.25) is 0 Å². The summed E-state index contributed by atoms with van der Waals surface area (Å²) in [6.07, 6.45) is 0.107. The summed E-state index contributed by atoms with van der Waals surface area (Å²) in [6.45, 7) is 5.13. The number of carbonyl (C=O) groups is 2. The highest BCUT2D eigenvalue weighted by Crippen LogP contribution is 2.08. The monoisotopic (exact) mass is 232 g/mol. The summed E-state index contributed by atoms with van der Waals surface area (Å²) in [7, 11) is 1.53. The van der Waals surface area contributed by atoms with Crippen molar-refractivity contribution in [3.8, 4) is 0 Å². The van der Waals surface area contributed by atoms with Gasteiger partial charge in [-0.05, 0) is 6.92 Å². The van der Waals surface area contributed by atoms with Crippen LogP contribution in [0.3, 0.4) is 0 Å². The second kappa shape index (κ2) is 8.10. The van der Waals surface area contributed by atoms with E-state index >= 15 is 0 Å². The topological polar surface area (TPSA) is 61.8 Å². The van der Waals surface area contributed by atoms with Crippen molar-refractivity contribution >= 4 is 11.9 Å². The molecular formula is C11H20O5. The number of methoxy groups -OCH3 is 1. The van der Waals surface area contributed by atoms with E-state index in [0.29, 0.717) is 19.4 Å². The Bertz CT molecular complexity index is 226. The van der Waals surface area contributed by atoms with Crippen LogP contribution in [-0.4, -0.2) is 37.9 Å². The molecule has 0 aliphatic rings. The second-order valence-corrected chi connectivity index (χ2v) is 3.58. The summed E-state index contributed by atoms with van der Waals surface area (Å²) < 4.78 is 15.0. The molecule has 5 heteroatoms. The van der Waals surface area contributed by atoms with Crippen LogP contribution in [0.25, 0.3) is 0 Å². The van der Waals surface area contributed by atoms with E-state index in [1.807, 2.05) is 0 Å². The van der Waals surface area contributed by atoms with E-state index in [1.54, 1.807) is 13.8 Å². The van der Waals surface area contributed by atoms with Crippen molar-refractivity contribution in [1.82, 2.24) is 0 Å². The van der Waals surface area contributed by atoms with Crippen LogP contribution in [0.5, 0.6) is 0 Å². The fraction of sp³-hybridized carbons (Fsp3) is 0.818. The van der Waals surface area contributed by atoms with Gasteiger partial charge in [-0.2, -0.15) is 0 Å². The van der Waals surface area contributed by atoms with Crippen molar-refractivity contribution in [3.63, 3.8) is 0 Å². The molecule has 0 amide bonds. The first-order valence-electron chi connectivity index (χ1n) is 5.35. The van der Waals surface area contributed by atoms with E-state index in [9.17, 15) is 9.59 Å². The van der Waals surface area contributed by atoms with Gasteiger partial charge in [0.15, 0.2) is 0 Å². The highest BCUT2D eigenvalue weighted by atomic mass is 16.6. The van der Waals surface area contributed by atoms with Crippen LogP contribution in [-0.2, 0) is 23.8 Å². The van der Waals surface area contributed by atoms with Gasteiger partial charge in [-0.25, -0.2) is 0 Å². The minimum absolute atomic E-state index is 0.280. The van der Waals surface area contributed by atoms with Crippen LogP contribution in [0.1, 0.15) is 33.6 Å². The molecule has 2 unspecified atom stereocenters. The van der Waals surface area contributed by atoms with Crippen LogP contribution >= 0.6 is 0 Å². The van der Waals surface area contributed by atoms with E-state index < -0.39 is 0 Å². The fourth-order valence-corrected chi connectivity index (χ4v) is 1.31. The maximum atomic E-state index is 11.1. The quantitative estimate of drug-likeness (QED) is 0.619. The molecule has 0 radical (unpaired) electrons. The molecule has 0 bridgehead atoms. The second-order valence-electron chi connectivity index (χ2n) is 3.58. The maximum Gasteiger partial charge on any atom is 0.305 e. The highest BCUT2D eigenvalue weighted by molar-refractivity contribution is 5.69. The van der Waals surface area contributed by atoms with Gasteiger partial charge in [0.05, 0.1) is 6.61 Å². The molecule has 16 heavy (non-hydrogen) atoms. The summed E-state index contributed by atoms with van der Waals surface area (Å²) in [6, 6.07) is 0. The van der Waals surface area contributed by atoms with Gasteiger partial charge < -0.3 is 14.2 Å². The molecule has 0 rings (SSSR count). The first kappa shape index (κ1) is 14.9. The van der Waals surface area contributed by atoms with E-state index in [-0.39, 0.29) is 24.1 Å². The van der Waals surface area contributed by atoms with Crippen molar-refractivity contribution in [2.45, 2.75) is 45.8 Å². The van der Waals surface area contributed by atoms with E-state index in [2.05, 4.69) is 0 Å². The van der Waals surface area contributed by atoms with Gasteiger partial charge >= 0.3 is 11.9 Å². The molecule has 0 heterocycles. The van der Waals surface area contributed by atoms with Gasteiger partial charge in [0.1, 0.15) is 12.2 Å². The Morgan fingerprint density at radius 3 is 2.31 bits per heavy atom. The summed E-state index contributed by atoms with van der Waals surface area (Å²) in [5.74, 6) is -0.623. The van der Waals surface area contributed by atoms with Crippen LogP contribution in [0.4, 0.5) is 0 Å². The molecule has 0 spiro atoms. The molecule has 0 fully saturated rings. The Balaban J connectivity index is 4.10. The zero-order chi connectivity index (χ0) is 12.6. The third kappa shape index (κ3) is 7.23. The molecule has 0 aromatic heterocycles. The first-order valence-corrected chi connectivity index (χ1v) is 5.35. The smallest absolute Gasteiger partial charge is 0.305 e. The third-order valence-corrected chi connectivity index (χ3v) is 1.90. The molecular weight excluding hydrogens is 212 g/mol. The summed E-state index contributed by atoms with van der Waals surface area (Å²) in [5, 5.41) is 0.